The molecule has 0 aromatic rings. The van der Waals surface area contributed by atoms with Crippen LogP contribution in [0.2, 0.25) is 0 Å². The first-order valence-electron chi connectivity index (χ1n) is 5.63. The third-order valence-electron chi connectivity index (χ3n) is 3.79. The van der Waals surface area contributed by atoms with Crippen molar-refractivity contribution < 1.29 is 9.84 Å². The first-order valence-corrected chi connectivity index (χ1v) is 5.63. The summed E-state index contributed by atoms with van der Waals surface area (Å²) in [6, 6.07) is 0.861. The molecule has 0 radical (unpaired) electrons. The quantitative estimate of drug-likeness (QED) is 0.714. The van der Waals surface area contributed by atoms with Crippen LogP contribution >= 0.6 is 0 Å². The minimum Gasteiger partial charge on any atom is -0.389 e. The summed E-state index contributed by atoms with van der Waals surface area (Å²) in [6.07, 6.45) is 5.84. The van der Waals surface area contributed by atoms with Gasteiger partial charge in [-0.1, -0.05) is 0 Å². The van der Waals surface area contributed by atoms with E-state index in [1.807, 2.05) is 6.92 Å². The Morgan fingerprint density at radius 3 is 2.64 bits per heavy atom. The van der Waals surface area contributed by atoms with Crippen molar-refractivity contribution in [3.8, 4) is 0 Å². The molecule has 2 saturated carbocycles. The number of hydrogen-bond acceptors (Lipinski definition) is 3. The molecule has 0 aromatic heterocycles. The molecular weight excluding hydrogens is 178 g/mol. The van der Waals surface area contributed by atoms with Crippen LogP contribution in [-0.4, -0.2) is 36.0 Å². The zero-order chi connectivity index (χ0) is 10.2. The largest absolute Gasteiger partial charge is 0.389 e. The number of nitrogens with one attached hydrogen (secondary N) is 1. The Morgan fingerprint density at radius 2 is 2.14 bits per heavy atom. The van der Waals surface area contributed by atoms with Crippen molar-refractivity contribution in [1.29, 1.82) is 0 Å². The Hall–Kier alpha value is -0.120. The van der Waals surface area contributed by atoms with Gasteiger partial charge in [0.1, 0.15) is 0 Å². The molecule has 2 N–H and O–H groups in total. The van der Waals surface area contributed by atoms with Crippen molar-refractivity contribution in [2.45, 2.75) is 62.8 Å². The van der Waals surface area contributed by atoms with E-state index in [2.05, 4.69) is 5.32 Å². The second-order valence-corrected chi connectivity index (χ2v) is 4.99. The van der Waals surface area contributed by atoms with Gasteiger partial charge in [0, 0.05) is 19.2 Å². The van der Waals surface area contributed by atoms with Crippen LogP contribution in [0.25, 0.3) is 0 Å². The van der Waals surface area contributed by atoms with Crippen LogP contribution in [0.15, 0.2) is 0 Å². The van der Waals surface area contributed by atoms with Crippen LogP contribution < -0.4 is 5.32 Å². The van der Waals surface area contributed by atoms with Crippen molar-refractivity contribution in [2.24, 2.45) is 0 Å². The van der Waals surface area contributed by atoms with Gasteiger partial charge in [0.05, 0.1) is 11.7 Å². The molecule has 0 aromatic carbocycles. The van der Waals surface area contributed by atoms with Crippen LogP contribution in [0.5, 0.6) is 0 Å². The van der Waals surface area contributed by atoms with Crippen molar-refractivity contribution in [1.82, 2.24) is 5.32 Å². The van der Waals surface area contributed by atoms with Gasteiger partial charge in [-0.15, -0.1) is 0 Å². The molecule has 2 fully saturated rings. The number of rotatable bonds is 3. The highest BCUT2D eigenvalue weighted by Gasteiger charge is 2.40. The minimum atomic E-state index is -0.488. The predicted octanol–water partition coefficient (Wildman–Crippen LogP) is 1.06. The van der Waals surface area contributed by atoms with E-state index in [1.165, 1.54) is 0 Å². The molecule has 2 unspecified atom stereocenters. The van der Waals surface area contributed by atoms with Crippen LogP contribution in [0.3, 0.4) is 0 Å². The molecule has 0 aliphatic heterocycles. The minimum absolute atomic E-state index is 0.297. The third kappa shape index (κ3) is 1.95. The van der Waals surface area contributed by atoms with Gasteiger partial charge in [0.2, 0.25) is 0 Å². The molecule has 0 heterocycles. The summed E-state index contributed by atoms with van der Waals surface area (Å²) >= 11 is 0. The van der Waals surface area contributed by atoms with Gasteiger partial charge in [-0.3, -0.25) is 0 Å². The highest BCUT2D eigenvalue weighted by atomic mass is 16.5. The Balaban J connectivity index is 1.76. The fraction of sp³-hybridized carbons (Fsp3) is 1.00. The van der Waals surface area contributed by atoms with E-state index in [0.717, 1.165) is 32.1 Å². The fourth-order valence-corrected chi connectivity index (χ4v) is 2.59. The fourth-order valence-electron chi connectivity index (χ4n) is 2.59. The molecule has 2 atom stereocenters. The predicted molar refractivity (Wildman–Crippen MR) is 55.2 cm³/mol. The van der Waals surface area contributed by atoms with Crippen molar-refractivity contribution >= 4 is 0 Å². The lowest BCUT2D eigenvalue weighted by atomic mass is 9.87. The van der Waals surface area contributed by atoms with Gasteiger partial charge in [-0.05, 0) is 39.0 Å². The van der Waals surface area contributed by atoms with Gasteiger partial charge in [0.25, 0.3) is 0 Å². The monoisotopic (exact) mass is 199 g/mol. The number of ether oxygens (including phenoxy) is 1. The van der Waals surface area contributed by atoms with Gasteiger partial charge in [0.15, 0.2) is 0 Å². The lowest BCUT2D eigenvalue weighted by Crippen LogP contribution is -2.54. The topological polar surface area (TPSA) is 41.5 Å². The molecule has 2 aliphatic rings. The van der Waals surface area contributed by atoms with Gasteiger partial charge >= 0.3 is 0 Å². The van der Waals surface area contributed by atoms with E-state index in [4.69, 9.17) is 4.74 Å². The Kier molecular flexibility index (Phi) is 2.82. The molecule has 3 nitrogen and oxygen atoms in total. The summed E-state index contributed by atoms with van der Waals surface area (Å²) in [7, 11) is 1.77. The zero-order valence-electron chi connectivity index (χ0n) is 9.12. The van der Waals surface area contributed by atoms with Crippen molar-refractivity contribution in [3.05, 3.63) is 0 Å². The van der Waals surface area contributed by atoms with E-state index < -0.39 is 5.60 Å². The molecular formula is C11H21NO2. The first kappa shape index (κ1) is 10.4. The van der Waals surface area contributed by atoms with Crippen molar-refractivity contribution in [3.63, 3.8) is 0 Å². The summed E-state index contributed by atoms with van der Waals surface area (Å²) in [5, 5.41) is 13.6. The number of aliphatic hydroxyl groups is 1. The lowest BCUT2D eigenvalue weighted by Gasteiger charge is -2.39. The maximum absolute atomic E-state index is 10.1. The lowest BCUT2D eigenvalue weighted by molar-refractivity contribution is -0.00884. The number of hydrogen-bond donors (Lipinski definition) is 2. The summed E-state index contributed by atoms with van der Waals surface area (Å²) in [6.45, 7) is 1.95. The maximum atomic E-state index is 10.1. The SMILES string of the molecule is COC1CC(NC2CCCC2(C)O)C1. The molecule has 0 saturated heterocycles. The standard InChI is InChI=1S/C11H21NO2/c1-11(13)5-3-4-10(11)12-8-6-9(7-8)14-2/h8-10,12-13H,3-7H2,1-2H3. The Labute approximate surface area is 85.8 Å². The van der Waals surface area contributed by atoms with Crippen LogP contribution in [0, 0.1) is 0 Å². The number of methoxy groups -OCH3 is 1. The molecule has 3 heteroatoms. The summed E-state index contributed by atoms with van der Waals surface area (Å²) in [5.41, 5.74) is -0.488. The van der Waals surface area contributed by atoms with E-state index in [0.29, 0.717) is 18.2 Å². The average molecular weight is 199 g/mol. The summed E-state index contributed by atoms with van der Waals surface area (Å²) in [5.74, 6) is 0. The third-order valence-corrected chi connectivity index (χ3v) is 3.79. The highest BCUT2D eigenvalue weighted by Crippen LogP contribution is 2.32. The second kappa shape index (κ2) is 3.80. The van der Waals surface area contributed by atoms with E-state index >= 15 is 0 Å². The average Bonchev–Trinajstić information content (AvgIpc) is 2.37. The van der Waals surface area contributed by atoms with Crippen molar-refractivity contribution in [2.75, 3.05) is 7.11 Å². The van der Waals surface area contributed by atoms with Crippen LogP contribution in [0.4, 0.5) is 0 Å². The van der Waals surface area contributed by atoms with Gasteiger partial charge in [-0.2, -0.15) is 0 Å². The normalized spacial score (nSPS) is 47.8. The van der Waals surface area contributed by atoms with E-state index in [1.54, 1.807) is 7.11 Å². The Morgan fingerprint density at radius 1 is 1.43 bits per heavy atom. The maximum Gasteiger partial charge on any atom is 0.0772 e. The van der Waals surface area contributed by atoms with Crippen LogP contribution in [-0.2, 0) is 4.74 Å². The molecule has 82 valence electrons. The summed E-state index contributed by atoms with van der Waals surface area (Å²) in [4.78, 5) is 0. The highest BCUT2D eigenvalue weighted by molar-refractivity contribution is 4.98. The molecule has 0 bridgehead atoms. The van der Waals surface area contributed by atoms with E-state index in [9.17, 15) is 5.11 Å². The molecule has 14 heavy (non-hydrogen) atoms. The van der Waals surface area contributed by atoms with Crippen LogP contribution in [0.1, 0.15) is 39.0 Å². The Bertz CT molecular complexity index is 199. The zero-order valence-corrected chi connectivity index (χ0v) is 9.12. The molecule has 2 rings (SSSR count). The van der Waals surface area contributed by atoms with Gasteiger partial charge < -0.3 is 15.2 Å². The molecule has 0 spiro atoms. The smallest absolute Gasteiger partial charge is 0.0772 e. The second-order valence-electron chi connectivity index (χ2n) is 4.99. The van der Waals surface area contributed by atoms with E-state index in [-0.39, 0.29) is 0 Å². The summed E-state index contributed by atoms with van der Waals surface area (Å²) < 4.78 is 5.23. The van der Waals surface area contributed by atoms with Gasteiger partial charge in [-0.25, -0.2) is 0 Å². The molecule has 0 amide bonds. The molecule has 2 aliphatic carbocycles. The first-order chi connectivity index (χ1) is 6.62.